The van der Waals surface area contributed by atoms with Gasteiger partial charge in [0.25, 0.3) is 0 Å². The highest BCUT2D eigenvalue weighted by atomic mass is 14.7. The second-order valence-electron chi connectivity index (χ2n) is 2.35. The molecular formula is C9H11N. The number of aromatic nitrogens is 1. The Balaban J connectivity index is 3.07. The van der Waals surface area contributed by atoms with Crippen molar-refractivity contribution in [1.29, 1.82) is 0 Å². The van der Waals surface area contributed by atoms with Gasteiger partial charge < -0.3 is 0 Å². The summed E-state index contributed by atoms with van der Waals surface area (Å²) in [6, 6.07) is 4.01. The SMILES string of the molecule is [CH]c1nc(C)ccc1CC. The number of pyridine rings is 1. The van der Waals surface area contributed by atoms with Gasteiger partial charge in [0.15, 0.2) is 0 Å². The van der Waals surface area contributed by atoms with Crippen molar-refractivity contribution in [2.24, 2.45) is 0 Å². The summed E-state index contributed by atoms with van der Waals surface area (Å²) in [5, 5.41) is 0. The molecule has 0 N–H and O–H groups in total. The number of nitrogens with zero attached hydrogens (tertiary/aromatic N) is 1. The largest absolute Gasteiger partial charge is 0.258 e. The summed E-state index contributed by atoms with van der Waals surface area (Å²) >= 11 is 0. The van der Waals surface area contributed by atoms with Crippen LogP contribution in [0.3, 0.4) is 0 Å². The van der Waals surface area contributed by atoms with Gasteiger partial charge in [0.1, 0.15) is 0 Å². The lowest BCUT2D eigenvalue weighted by molar-refractivity contribution is 1.05. The molecule has 0 aliphatic carbocycles. The van der Waals surface area contributed by atoms with Gasteiger partial charge in [-0.1, -0.05) is 13.0 Å². The van der Waals surface area contributed by atoms with Gasteiger partial charge in [-0.3, -0.25) is 4.98 Å². The smallest absolute Gasteiger partial charge is 0.0483 e. The molecule has 1 aromatic heterocycles. The van der Waals surface area contributed by atoms with Crippen LogP contribution >= 0.6 is 0 Å². The Morgan fingerprint density at radius 1 is 1.50 bits per heavy atom. The Kier molecular flexibility index (Phi) is 2.05. The Morgan fingerprint density at radius 2 is 2.20 bits per heavy atom. The molecular weight excluding hydrogens is 122 g/mol. The average molecular weight is 133 g/mol. The second kappa shape index (κ2) is 2.82. The highest BCUT2D eigenvalue weighted by Gasteiger charge is 1.95. The lowest BCUT2D eigenvalue weighted by Crippen LogP contribution is -1.91. The zero-order valence-corrected chi connectivity index (χ0v) is 6.39. The first-order valence-electron chi connectivity index (χ1n) is 3.46. The molecule has 0 atom stereocenters. The first-order chi connectivity index (χ1) is 4.74. The van der Waals surface area contributed by atoms with Crippen LogP contribution in [0.5, 0.6) is 0 Å². The van der Waals surface area contributed by atoms with Crippen LogP contribution in [0.2, 0.25) is 0 Å². The Hall–Kier alpha value is -0.850. The molecule has 0 aromatic carbocycles. The highest BCUT2D eigenvalue weighted by Crippen LogP contribution is 2.05. The van der Waals surface area contributed by atoms with Crippen LogP contribution in [-0.2, 0) is 6.42 Å². The molecule has 52 valence electrons. The third-order valence-corrected chi connectivity index (χ3v) is 1.53. The van der Waals surface area contributed by atoms with Gasteiger partial charge in [-0.25, -0.2) is 0 Å². The molecule has 0 aliphatic heterocycles. The molecule has 1 nitrogen and oxygen atoms in total. The summed E-state index contributed by atoms with van der Waals surface area (Å²) < 4.78 is 0. The summed E-state index contributed by atoms with van der Waals surface area (Å²) in [6.07, 6.45) is 0.957. The van der Waals surface area contributed by atoms with E-state index < -0.39 is 0 Å². The molecule has 0 saturated carbocycles. The minimum Gasteiger partial charge on any atom is -0.258 e. The van der Waals surface area contributed by atoms with Crippen molar-refractivity contribution in [2.75, 3.05) is 0 Å². The Morgan fingerprint density at radius 3 is 2.70 bits per heavy atom. The maximum atomic E-state index is 5.62. The van der Waals surface area contributed by atoms with Gasteiger partial charge >= 0.3 is 0 Å². The van der Waals surface area contributed by atoms with E-state index in [1.165, 1.54) is 0 Å². The summed E-state index contributed by atoms with van der Waals surface area (Å²) in [5.74, 6) is 0. The first kappa shape index (κ1) is 7.26. The maximum Gasteiger partial charge on any atom is 0.0483 e. The summed E-state index contributed by atoms with van der Waals surface area (Å²) in [7, 11) is 0. The van der Waals surface area contributed by atoms with Crippen molar-refractivity contribution in [3.05, 3.63) is 36.0 Å². The van der Waals surface area contributed by atoms with Crippen LogP contribution in [-0.4, -0.2) is 4.98 Å². The van der Waals surface area contributed by atoms with E-state index in [-0.39, 0.29) is 0 Å². The quantitative estimate of drug-likeness (QED) is 0.571. The van der Waals surface area contributed by atoms with Crippen LogP contribution < -0.4 is 0 Å². The molecule has 0 bridgehead atoms. The van der Waals surface area contributed by atoms with Gasteiger partial charge in [0.2, 0.25) is 0 Å². The van der Waals surface area contributed by atoms with Gasteiger partial charge in [0, 0.05) is 18.3 Å². The molecule has 0 aliphatic rings. The van der Waals surface area contributed by atoms with Gasteiger partial charge in [-0.05, 0) is 25.0 Å². The molecule has 0 unspecified atom stereocenters. The van der Waals surface area contributed by atoms with Crippen molar-refractivity contribution >= 4 is 0 Å². The van der Waals surface area contributed by atoms with E-state index in [9.17, 15) is 0 Å². The number of hydrogen-bond acceptors (Lipinski definition) is 1. The van der Waals surface area contributed by atoms with Crippen molar-refractivity contribution in [1.82, 2.24) is 4.98 Å². The fourth-order valence-corrected chi connectivity index (χ4v) is 0.905. The zero-order valence-electron chi connectivity index (χ0n) is 6.39. The van der Waals surface area contributed by atoms with E-state index in [1.54, 1.807) is 0 Å². The van der Waals surface area contributed by atoms with Gasteiger partial charge in [-0.15, -0.1) is 0 Å². The minimum absolute atomic E-state index is 0.669. The molecule has 1 heteroatoms. The standard InChI is InChI=1S/C9H11N/c1-4-9-6-5-7(2)10-8(9)3/h3,5-6H,4H2,1-2H3. The van der Waals surface area contributed by atoms with E-state index in [2.05, 4.69) is 11.9 Å². The summed E-state index contributed by atoms with van der Waals surface area (Å²) in [5.41, 5.74) is 2.78. The van der Waals surface area contributed by atoms with Crippen molar-refractivity contribution in [2.45, 2.75) is 20.3 Å². The van der Waals surface area contributed by atoms with Crippen LogP contribution in [0, 0.1) is 13.8 Å². The Bertz CT molecular complexity index is 228. The van der Waals surface area contributed by atoms with E-state index in [0.29, 0.717) is 5.69 Å². The van der Waals surface area contributed by atoms with E-state index in [0.717, 1.165) is 17.7 Å². The molecule has 1 rings (SSSR count). The predicted molar refractivity (Wildman–Crippen MR) is 41.8 cm³/mol. The average Bonchev–Trinajstić information content (AvgIpc) is 1.88. The Labute approximate surface area is 62.1 Å². The lowest BCUT2D eigenvalue weighted by atomic mass is 10.1. The van der Waals surface area contributed by atoms with Crippen molar-refractivity contribution < 1.29 is 0 Å². The van der Waals surface area contributed by atoms with Crippen LogP contribution in [0.1, 0.15) is 23.9 Å². The van der Waals surface area contributed by atoms with Gasteiger partial charge in [-0.2, -0.15) is 0 Å². The number of hydrogen-bond donors (Lipinski definition) is 0. The van der Waals surface area contributed by atoms with Crippen molar-refractivity contribution in [3.8, 4) is 0 Å². The summed E-state index contributed by atoms with van der Waals surface area (Å²) in [4.78, 5) is 4.12. The molecule has 0 saturated heterocycles. The van der Waals surface area contributed by atoms with E-state index >= 15 is 0 Å². The molecule has 2 radical (unpaired) electrons. The monoisotopic (exact) mass is 133 g/mol. The third kappa shape index (κ3) is 1.35. The topological polar surface area (TPSA) is 12.9 Å². The molecule has 1 heterocycles. The minimum atomic E-state index is 0.669. The fraction of sp³-hybridized carbons (Fsp3) is 0.333. The van der Waals surface area contributed by atoms with E-state index in [4.69, 9.17) is 6.92 Å². The van der Waals surface area contributed by atoms with Crippen LogP contribution in [0.4, 0.5) is 0 Å². The molecule has 1 aromatic rings. The first-order valence-corrected chi connectivity index (χ1v) is 3.46. The molecule has 0 amide bonds. The molecule has 0 spiro atoms. The third-order valence-electron chi connectivity index (χ3n) is 1.53. The molecule has 0 fully saturated rings. The zero-order chi connectivity index (χ0) is 7.56. The fourth-order valence-electron chi connectivity index (χ4n) is 0.905. The molecule has 10 heavy (non-hydrogen) atoms. The van der Waals surface area contributed by atoms with Crippen LogP contribution in [0.15, 0.2) is 12.1 Å². The van der Waals surface area contributed by atoms with E-state index in [1.807, 2.05) is 19.1 Å². The summed E-state index contributed by atoms with van der Waals surface area (Å²) in [6.45, 7) is 9.63. The van der Waals surface area contributed by atoms with Crippen molar-refractivity contribution in [3.63, 3.8) is 0 Å². The highest BCUT2D eigenvalue weighted by molar-refractivity contribution is 5.24. The lowest BCUT2D eigenvalue weighted by Gasteiger charge is -2.00. The van der Waals surface area contributed by atoms with Crippen LogP contribution in [0.25, 0.3) is 0 Å². The predicted octanol–water partition coefficient (Wildman–Crippen LogP) is 2.01. The number of rotatable bonds is 1. The number of aryl methyl sites for hydroxylation is 2. The maximum absolute atomic E-state index is 5.62. The normalized spacial score (nSPS) is 9.90. The second-order valence-corrected chi connectivity index (χ2v) is 2.35. The van der Waals surface area contributed by atoms with Gasteiger partial charge in [0.05, 0.1) is 0 Å².